The first kappa shape index (κ1) is 15.2. The normalized spacial score (nSPS) is 12.0. The topological polar surface area (TPSA) is 83.5 Å². The van der Waals surface area contributed by atoms with Crippen molar-refractivity contribution in [3.63, 3.8) is 0 Å². The van der Waals surface area contributed by atoms with E-state index in [0.29, 0.717) is 11.3 Å². The summed E-state index contributed by atoms with van der Waals surface area (Å²) in [6.45, 7) is 4.96. The SMILES string of the molecule is Cc1cc(C=CC(=O)O)ccc1NS(=O)(=O)C(C)C. The van der Waals surface area contributed by atoms with Gasteiger partial charge in [0.2, 0.25) is 10.0 Å². The summed E-state index contributed by atoms with van der Waals surface area (Å²) in [6, 6.07) is 5.00. The number of sulfonamides is 1. The molecular weight excluding hydrogens is 266 g/mol. The van der Waals surface area contributed by atoms with Crippen LogP contribution in [0.1, 0.15) is 25.0 Å². The van der Waals surface area contributed by atoms with Crippen molar-refractivity contribution in [1.29, 1.82) is 0 Å². The molecule has 6 heteroatoms. The lowest BCUT2D eigenvalue weighted by molar-refractivity contribution is -0.131. The monoisotopic (exact) mass is 283 g/mol. The predicted molar refractivity (Wildman–Crippen MR) is 75.5 cm³/mol. The molecule has 0 saturated carbocycles. The Balaban J connectivity index is 2.99. The van der Waals surface area contributed by atoms with Gasteiger partial charge in [0.1, 0.15) is 0 Å². The van der Waals surface area contributed by atoms with Gasteiger partial charge in [-0.25, -0.2) is 13.2 Å². The van der Waals surface area contributed by atoms with Crippen LogP contribution in [0, 0.1) is 6.92 Å². The molecule has 0 spiro atoms. The van der Waals surface area contributed by atoms with Gasteiger partial charge >= 0.3 is 5.97 Å². The van der Waals surface area contributed by atoms with Crippen molar-refractivity contribution >= 4 is 27.8 Å². The van der Waals surface area contributed by atoms with E-state index in [9.17, 15) is 13.2 Å². The van der Waals surface area contributed by atoms with Crippen LogP contribution < -0.4 is 4.72 Å². The number of hydrogen-bond donors (Lipinski definition) is 2. The molecule has 19 heavy (non-hydrogen) atoms. The number of anilines is 1. The molecule has 0 amide bonds. The van der Waals surface area contributed by atoms with E-state index in [1.807, 2.05) is 0 Å². The third-order valence-corrected chi connectivity index (χ3v) is 4.29. The Morgan fingerprint density at radius 3 is 2.47 bits per heavy atom. The van der Waals surface area contributed by atoms with Crippen molar-refractivity contribution in [3.05, 3.63) is 35.4 Å². The molecule has 0 aliphatic rings. The van der Waals surface area contributed by atoms with Gasteiger partial charge in [0, 0.05) is 6.08 Å². The summed E-state index contributed by atoms with van der Waals surface area (Å²) in [4.78, 5) is 10.4. The Hall–Kier alpha value is -1.82. The first-order chi connectivity index (χ1) is 8.72. The van der Waals surface area contributed by atoms with Crippen molar-refractivity contribution in [2.75, 3.05) is 4.72 Å². The molecule has 0 aliphatic carbocycles. The minimum atomic E-state index is -3.37. The largest absolute Gasteiger partial charge is 0.478 e. The smallest absolute Gasteiger partial charge is 0.328 e. The number of carboxylic acid groups (broad SMARTS) is 1. The molecule has 0 bridgehead atoms. The fraction of sp³-hybridized carbons (Fsp3) is 0.308. The number of rotatable bonds is 5. The zero-order chi connectivity index (χ0) is 14.6. The maximum Gasteiger partial charge on any atom is 0.328 e. The number of benzene rings is 1. The molecule has 0 heterocycles. The van der Waals surface area contributed by atoms with Gasteiger partial charge in [0.05, 0.1) is 10.9 Å². The minimum Gasteiger partial charge on any atom is -0.478 e. The molecule has 1 rings (SSSR count). The van der Waals surface area contributed by atoms with E-state index in [1.54, 1.807) is 39.0 Å². The Bertz CT molecular complexity index is 603. The standard InChI is InChI=1S/C13H17NO4S/c1-9(2)19(17,18)14-12-6-4-11(8-10(12)3)5-7-13(15)16/h4-9,14H,1-3H3,(H,15,16). The summed E-state index contributed by atoms with van der Waals surface area (Å²) in [7, 11) is -3.37. The second kappa shape index (κ2) is 5.88. The van der Waals surface area contributed by atoms with Crippen LogP contribution in [0.2, 0.25) is 0 Å². The lowest BCUT2D eigenvalue weighted by atomic mass is 10.1. The van der Waals surface area contributed by atoms with E-state index in [2.05, 4.69) is 4.72 Å². The van der Waals surface area contributed by atoms with Crippen molar-refractivity contribution in [3.8, 4) is 0 Å². The lowest BCUT2D eigenvalue weighted by Gasteiger charge is -2.13. The number of hydrogen-bond acceptors (Lipinski definition) is 3. The predicted octanol–water partition coefficient (Wildman–Crippen LogP) is 2.24. The van der Waals surface area contributed by atoms with Gasteiger partial charge < -0.3 is 5.11 Å². The maximum absolute atomic E-state index is 11.7. The van der Waals surface area contributed by atoms with Gasteiger partial charge in [-0.3, -0.25) is 4.72 Å². The highest BCUT2D eigenvalue weighted by Gasteiger charge is 2.16. The molecule has 2 N–H and O–H groups in total. The fourth-order valence-corrected chi connectivity index (χ4v) is 2.11. The summed E-state index contributed by atoms with van der Waals surface area (Å²) in [5.41, 5.74) is 1.94. The molecule has 0 aliphatic heterocycles. The summed E-state index contributed by atoms with van der Waals surface area (Å²) in [5.74, 6) is -1.03. The van der Waals surface area contributed by atoms with Gasteiger partial charge in [-0.1, -0.05) is 6.07 Å². The van der Waals surface area contributed by atoms with Crippen LogP contribution >= 0.6 is 0 Å². The maximum atomic E-state index is 11.7. The second-order valence-electron chi connectivity index (χ2n) is 4.44. The Morgan fingerprint density at radius 2 is 2.00 bits per heavy atom. The number of nitrogens with one attached hydrogen (secondary N) is 1. The van der Waals surface area contributed by atoms with Gasteiger partial charge in [-0.05, 0) is 50.1 Å². The highest BCUT2D eigenvalue weighted by molar-refractivity contribution is 7.93. The highest BCUT2D eigenvalue weighted by Crippen LogP contribution is 2.19. The first-order valence-corrected chi connectivity index (χ1v) is 7.30. The van der Waals surface area contributed by atoms with Gasteiger partial charge in [0.15, 0.2) is 0 Å². The molecule has 104 valence electrons. The van der Waals surface area contributed by atoms with Crippen LogP contribution in [0.4, 0.5) is 5.69 Å². The summed E-state index contributed by atoms with van der Waals surface area (Å²) in [6.07, 6.45) is 2.49. The van der Waals surface area contributed by atoms with Crippen LogP contribution in [0.25, 0.3) is 6.08 Å². The minimum absolute atomic E-state index is 0.501. The fourth-order valence-electron chi connectivity index (χ4n) is 1.34. The van der Waals surface area contributed by atoms with Gasteiger partial charge in [0.25, 0.3) is 0 Å². The van der Waals surface area contributed by atoms with Crippen molar-refractivity contribution in [1.82, 2.24) is 0 Å². The van der Waals surface area contributed by atoms with E-state index < -0.39 is 21.2 Å². The second-order valence-corrected chi connectivity index (χ2v) is 6.68. The van der Waals surface area contributed by atoms with Crippen LogP contribution in [-0.2, 0) is 14.8 Å². The third kappa shape index (κ3) is 4.40. The van der Waals surface area contributed by atoms with Crippen LogP contribution in [0.3, 0.4) is 0 Å². The van der Waals surface area contributed by atoms with E-state index in [1.165, 1.54) is 6.08 Å². The quantitative estimate of drug-likeness (QED) is 0.812. The number of aliphatic carboxylic acids is 1. The van der Waals surface area contributed by atoms with Crippen LogP contribution in [-0.4, -0.2) is 24.7 Å². The molecule has 0 radical (unpaired) electrons. The van der Waals surface area contributed by atoms with Crippen LogP contribution in [0.5, 0.6) is 0 Å². The van der Waals surface area contributed by atoms with Crippen molar-refractivity contribution < 1.29 is 18.3 Å². The highest BCUT2D eigenvalue weighted by atomic mass is 32.2. The number of carbonyl (C=O) groups is 1. The zero-order valence-corrected chi connectivity index (χ0v) is 11.9. The van der Waals surface area contributed by atoms with E-state index in [0.717, 1.165) is 11.6 Å². The molecule has 0 aromatic heterocycles. The zero-order valence-electron chi connectivity index (χ0n) is 11.0. The molecular formula is C13H17NO4S. The molecule has 5 nitrogen and oxygen atoms in total. The lowest BCUT2D eigenvalue weighted by Crippen LogP contribution is -2.22. The molecule has 1 aromatic carbocycles. The Kier molecular flexibility index (Phi) is 4.72. The Morgan fingerprint density at radius 1 is 1.37 bits per heavy atom. The molecule has 1 aromatic rings. The third-order valence-electron chi connectivity index (χ3n) is 2.54. The Labute approximate surface area is 113 Å². The summed E-state index contributed by atoms with van der Waals surface area (Å²) >= 11 is 0. The average molecular weight is 283 g/mol. The van der Waals surface area contributed by atoms with Crippen molar-refractivity contribution in [2.45, 2.75) is 26.0 Å². The summed E-state index contributed by atoms with van der Waals surface area (Å²) < 4.78 is 26.0. The van der Waals surface area contributed by atoms with Gasteiger partial charge in [-0.15, -0.1) is 0 Å². The number of carboxylic acids is 1. The summed E-state index contributed by atoms with van der Waals surface area (Å²) in [5, 5.41) is 8.02. The molecule has 0 saturated heterocycles. The van der Waals surface area contributed by atoms with E-state index in [-0.39, 0.29) is 0 Å². The van der Waals surface area contributed by atoms with Crippen molar-refractivity contribution in [2.24, 2.45) is 0 Å². The van der Waals surface area contributed by atoms with E-state index >= 15 is 0 Å². The van der Waals surface area contributed by atoms with E-state index in [4.69, 9.17) is 5.11 Å². The van der Waals surface area contributed by atoms with Gasteiger partial charge in [-0.2, -0.15) is 0 Å². The molecule has 0 atom stereocenters. The molecule has 0 unspecified atom stereocenters. The van der Waals surface area contributed by atoms with Crippen LogP contribution in [0.15, 0.2) is 24.3 Å². The average Bonchev–Trinajstić information content (AvgIpc) is 2.29. The first-order valence-electron chi connectivity index (χ1n) is 5.75. The molecule has 0 fully saturated rings. The number of aryl methyl sites for hydroxylation is 1.